The second-order valence-electron chi connectivity index (χ2n) is 4.73. The lowest BCUT2D eigenvalue weighted by Crippen LogP contribution is -2.45. The van der Waals surface area contributed by atoms with Gasteiger partial charge in [0.15, 0.2) is 0 Å². The first-order valence-corrected chi connectivity index (χ1v) is 5.89. The zero-order chi connectivity index (χ0) is 12.3. The molecule has 0 aliphatic heterocycles. The molecule has 2 rings (SSSR count). The molecular formula is C13H17F2NO. The Bertz CT molecular complexity index is 377. The van der Waals surface area contributed by atoms with Gasteiger partial charge in [-0.05, 0) is 30.9 Å². The molecule has 2 nitrogen and oxygen atoms in total. The Morgan fingerprint density at radius 3 is 2.71 bits per heavy atom. The van der Waals surface area contributed by atoms with Crippen LogP contribution in [0.25, 0.3) is 0 Å². The summed E-state index contributed by atoms with van der Waals surface area (Å²) in [4.78, 5) is 0. The van der Waals surface area contributed by atoms with E-state index < -0.39 is 12.0 Å². The standard InChI is InChI=1S/C13H17F2NO/c14-12(15)11-4-1-3-10(7-11)8-16-9-13(17)5-2-6-13/h1,3-4,7,12,16-17H,2,5-6,8-9H2. The summed E-state index contributed by atoms with van der Waals surface area (Å²) in [5.41, 5.74) is 0.303. The normalized spacial score (nSPS) is 18.1. The van der Waals surface area contributed by atoms with Gasteiger partial charge in [-0.25, -0.2) is 8.78 Å². The maximum atomic E-state index is 12.5. The average molecular weight is 241 g/mol. The van der Waals surface area contributed by atoms with Crippen molar-refractivity contribution in [1.29, 1.82) is 0 Å². The highest BCUT2D eigenvalue weighted by Gasteiger charge is 2.33. The molecule has 1 aliphatic rings. The maximum Gasteiger partial charge on any atom is 0.263 e. The minimum absolute atomic E-state index is 0.0478. The number of rotatable bonds is 5. The molecule has 0 radical (unpaired) electrons. The second-order valence-corrected chi connectivity index (χ2v) is 4.73. The third kappa shape index (κ3) is 3.23. The largest absolute Gasteiger partial charge is 0.389 e. The molecule has 17 heavy (non-hydrogen) atoms. The van der Waals surface area contributed by atoms with Crippen molar-refractivity contribution in [2.24, 2.45) is 0 Å². The van der Waals surface area contributed by atoms with E-state index in [4.69, 9.17) is 0 Å². The van der Waals surface area contributed by atoms with Gasteiger partial charge in [0.05, 0.1) is 5.60 Å². The summed E-state index contributed by atoms with van der Waals surface area (Å²) in [5, 5.41) is 13.0. The molecule has 1 fully saturated rings. The van der Waals surface area contributed by atoms with E-state index in [9.17, 15) is 13.9 Å². The molecule has 0 bridgehead atoms. The van der Waals surface area contributed by atoms with E-state index in [1.807, 2.05) is 6.07 Å². The van der Waals surface area contributed by atoms with E-state index in [1.165, 1.54) is 12.1 Å². The van der Waals surface area contributed by atoms with E-state index in [1.54, 1.807) is 6.07 Å². The molecule has 1 aromatic rings. The van der Waals surface area contributed by atoms with Crippen molar-refractivity contribution in [2.45, 2.75) is 37.8 Å². The van der Waals surface area contributed by atoms with Crippen LogP contribution in [0, 0.1) is 0 Å². The summed E-state index contributed by atoms with van der Waals surface area (Å²) >= 11 is 0. The molecule has 4 heteroatoms. The smallest absolute Gasteiger partial charge is 0.263 e. The minimum Gasteiger partial charge on any atom is -0.389 e. The fourth-order valence-electron chi connectivity index (χ4n) is 2.04. The zero-order valence-corrected chi connectivity index (χ0v) is 9.63. The second kappa shape index (κ2) is 5.10. The number of aliphatic hydroxyl groups is 1. The van der Waals surface area contributed by atoms with Crippen LogP contribution in [0.4, 0.5) is 8.78 Å². The van der Waals surface area contributed by atoms with Crippen LogP contribution >= 0.6 is 0 Å². The summed E-state index contributed by atoms with van der Waals surface area (Å²) in [6.07, 6.45) is 0.304. The van der Waals surface area contributed by atoms with Crippen molar-refractivity contribution in [3.05, 3.63) is 35.4 Å². The highest BCUT2D eigenvalue weighted by Crippen LogP contribution is 2.30. The summed E-state index contributed by atoms with van der Waals surface area (Å²) < 4.78 is 24.9. The van der Waals surface area contributed by atoms with Crippen molar-refractivity contribution < 1.29 is 13.9 Å². The Kier molecular flexibility index (Phi) is 3.74. The summed E-state index contributed by atoms with van der Waals surface area (Å²) in [6.45, 7) is 1.05. The van der Waals surface area contributed by atoms with Gasteiger partial charge in [0.1, 0.15) is 0 Å². The van der Waals surface area contributed by atoms with Gasteiger partial charge in [-0.2, -0.15) is 0 Å². The van der Waals surface area contributed by atoms with Crippen molar-refractivity contribution >= 4 is 0 Å². The van der Waals surface area contributed by atoms with Gasteiger partial charge in [0, 0.05) is 18.7 Å². The molecular weight excluding hydrogens is 224 g/mol. The molecule has 0 unspecified atom stereocenters. The number of hydrogen-bond donors (Lipinski definition) is 2. The lowest BCUT2D eigenvalue weighted by atomic mass is 9.80. The lowest BCUT2D eigenvalue weighted by molar-refractivity contribution is -0.0314. The number of halogens is 2. The van der Waals surface area contributed by atoms with Crippen LogP contribution in [0.5, 0.6) is 0 Å². The highest BCUT2D eigenvalue weighted by atomic mass is 19.3. The maximum absolute atomic E-state index is 12.5. The molecule has 0 aromatic heterocycles. The van der Waals surface area contributed by atoms with Crippen LogP contribution in [-0.2, 0) is 6.54 Å². The molecule has 1 aromatic carbocycles. The highest BCUT2D eigenvalue weighted by molar-refractivity contribution is 5.24. The van der Waals surface area contributed by atoms with Crippen LogP contribution in [0.15, 0.2) is 24.3 Å². The Morgan fingerprint density at radius 2 is 2.12 bits per heavy atom. The number of nitrogens with one attached hydrogen (secondary N) is 1. The predicted molar refractivity (Wildman–Crippen MR) is 61.9 cm³/mol. The Morgan fingerprint density at radius 1 is 1.35 bits per heavy atom. The quantitative estimate of drug-likeness (QED) is 0.830. The SMILES string of the molecule is OC1(CNCc2cccc(C(F)F)c2)CCC1. The first-order valence-electron chi connectivity index (χ1n) is 5.89. The lowest BCUT2D eigenvalue weighted by Gasteiger charge is -2.36. The van der Waals surface area contributed by atoms with Crippen LogP contribution in [0.1, 0.15) is 36.8 Å². The molecule has 0 spiro atoms. The van der Waals surface area contributed by atoms with Crippen LogP contribution in [-0.4, -0.2) is 17.3 Å². The van der Waals surface area contributed by atoms with Crippen molar-refractivity contribution in [2.75, 3.05) is 6.54 Å². The Labute approximate surface area is 99.7 Å². The van der Waals surface area contributed by atoms with Crippen molar-refractivity contribution in [1.82, 2.24) is 5.32 Å². The van der Waals surface area contributed by atoms with Gasteiger partial charge in [0.25, 0.3) is 6.43 Å². The van der Waals surface area contributed by atoms with Gasteiger partial charge in [0.2, 0.25) is 0 Å². The third-order valence-electron chi connectivity index (χ3n) is 3.27. The van der Waals surface area contributed by atoms with Crippen molar-refractivity contribution in [3.63, 3.8) is 0 Å². The van der Waals surface area contributed by atoms with E-state index >= 15 is 0 Å². The number of alkyl halides is 2. The van der Waals surface area contributed by atoms with Crippen LogP contribution in [0.2, 0.25) is 0 Å². The van der Waals surface area contributed by atoms with Crippen molar-refractivity contribution in [3.8, 4) is 0 Å². The molecule has 0 saturated heterocycles. The number of hydrogen-bond acceptors (Lipinski definition) is 2. The molecule has 1 saturated carbocycles. The molecule has 0 heterocycles. The van der Waals surface area contributed by atoms with E-state index in [0.717, 1.165) is 24.8 Å². The molecule has 94 valence electrons. The first-order chi connectivity index (χ1) is 8.09. The molecule has 0 amide bonds. The third-order valence-corrected chi connectivity index (χ3v) is 3.27. The van der Waals surface area contributed by atoms with Gasteiger partial charge >= 0.3 is 0 Å². The Hall–Kier alpha value is -1.00. The predicted octanol–water partition coefficient (Wildman–Crippen LogP) is 2.63. The van der Waals surface area contributed by atoms with Crippen LogP contribution in [0.3, 0.4) is 0 Å². The van der Waals surface area contributed by atoms with E-state index in [0.29, 0.717) is 13.1 Å². The summed E-state index contributed by atoms with van der Waals surface area (Å²) in [6, 6.07) is 6.37. The summed E-state index contributed by atoms with van der Waals surface area (Å²) in [7, 11) is 0. The van der Waals surface area contributed by atoms with E-state index in [-0.39, 0.29) is 5.56 Å². The fourth-order valence-corrected chi connectivity index (χ4v) is 2.04. The average Bonchev–Trinajstić information content (AvgIpc) is 2.27. The monoisotopic (exact) mass is 241 g/mol. The molecule has 1 aliphatic carbocycles. The van der Waals surface area contributed by atoms with Gasteiger partial charge in [-0.1, -0.05) is 18.2 Å². The van der Waals surface area contributed by atoms with Crippen LogP contribution < -0.4 is 5.32 Å². The number of benzene rings is 1. The topological polar surface area (TPSA) is 32.3 Å². The Balaban J connectivity index is 1.84. The molecule has 0 atom stereocenters. The van der Waals surface area contributed by atoms with Gasteiger partial charge < -0.3 is 10.4 Å². The van der Waals surface area contributed by atoms with Gasteiger partial charge in [-0.15, -0.1) is 0 Å². The summed E-state index contributed by atoms with van der Waals surface area (Å²) in [5.74, 6) is 0. The fraction of sp³-hybridized carbons (Fsp3) is 0.538. The molecule has 2 N–H and O–H groups in total. The van der Waals surface area contributed by atoms with E-state index in [2.05, 4.69) is 5.32 Å². The zero-order valence-electron chi connectivity index (χ0n) is 9.63. The first kappa shape index (κ1) is 12.5. The van der Waals surface area contributed by atoms with Gasteiger partial charge in [-0.3, -0.25) is 0 Å². The minimum atomic E-state index is -2.43.